The highest BCUT2D eigenvalue weighted by molar-refractivity contribution is 5.93. The van der Waals surface area contributed by atoms with Gasteiger partial charge in [-0.05, 0) is 23.7 Å². The minimum absolute atomic E-state index is 0.00391. The zero-order valence-corrected chi connectivity index (χ0v) is 17.4. The number of carbonyl (C=O) groups excluding carboxylic acids is 2. The van der Waals surface area contributed by atoms with Crippen LogP contribution in [0.5, 0.6) is 0 Å². The number of aliphatic carboxylic acids is 1. The largest absolute Gasteiger partial charge is 0.478 e. The summed E-state index contributed by atoms with van der Waals surface area (Å²) in [4.78, 5) is 35.3. The quantitative estimate of drug-likeness (QED) is 0.408. The summed E-state index contributed by atoms with van der Waals surface area (Å²) in [5.74, 6) is -1.63. The summed E-state index contributed by atoms with van der Waals surface area (Å²) >= 11 is 0. The Balaban J connectivity index is 4.76. The van der Waals surface area contributed by atoms with Crippen molar-refractivity contribution in [2.75, 3.05) is 13.1 Å². The molecular weight excluding hydrogens is 332 g/mol. The Labute approximate surface area is 157 Å². The summed E-state index contributed by atoms with van der Waals surface area (Å²) in [6.07, 6.45) is 1.37. The molecule has 0 saturated heterocycles. The number of nitrogens with one attached hydrogen (secondary N) is 2. The first-order valence-corrected chi connectivity index (χ1v) is 9.12. The summed E-state index contributed by atoms with van der Waals surface area (Å²) in [6.45, 7) is 18.5. The highest BCUT2D eigenvalue weighted by Crippen LogP contribution is 2.48. The molecule has 0 aliphatic heterocycles. The monoisotopic (exact) mass is 368 g/mol. The van der Waals surface area contributed by atoms with E-state index in [1.165, 1.54) is 0 Å². The molecule has 0 aliphatic rings. The van der Waals surface area contributed by atoms with Crippen LogP contribution in [0.15, 0.2) is 12.2 Å². The van der Waals surface area contributed by atoms with Gasteiger partial charge in [-0.3, -0.25) is 9.59 Å². The molecule has 1 unspecified atom stereocenters. The van der Waals surface area contributed by atoms with Gasteiger partial charge in [0.1, 0.15) is 0 Å². The first-order chi connectivity index (χ1) is 11.7. The van der Waals surface area contributed by atoms with Gasteiger partial charge < -0.3 is 15.7 Å². The van der Waals surface area contributed by atoms with Gasteiger partial charge in [0.2, 0.25) is 11.8 Å². The predicted octanol–water partition coefficient (Wildman–Crippen LogP) is 3.13. The van der Waals surface area contributed by atoms with Crippen LogP contribution in [-0.4, -0.2) is 36.0 Å². The van der Waals surface area contributed by atoms with E-state index in [0.717, 1.165) is 12.8 Å². The number of carbonyl (C=O) groups is 3. The Morgan fingerprint density at radius 3 is 1.88 bits per heavy atom. The summed E-state index contributed by atoms with van der Waals surface area (Å²) in [7, 11) is 0. The second kappa shape index (κ2) is 9.19. The Hall–Kier alpha value is -1.85. The Morgan fingerprint density at radius 2 is 1.46 bits per heavy atom. The van der Waals surface area contributed by atoms with Gasteiger partial charge in [-0.15, -0.1) is 0 Å². The van der Waals surface area contributed by atoms with E-state index < -0.39 is 17.3 Å². The van der Waals surface area contributed by atoms with Crippen molar-refractivity contribution in [2.45, 2.75) is 67.7 Å². The molecule has 0 fully saturated rings. The van der Waals surface area contributed by atoms with Gasteiger partial charge in [-0.1, -0.05) is 55.0 Å². The minimum atomic E-state index is -1.19. The van der Waals surface area contributed by atoms with Gasteiger partial charge in [-0.2, -0.15) is 0 Å². The normalized spacial score (nSPS) is 14.3. The van der Waals surface area contributed by atoms with Crippen LogP contribution in [0.4, 0.5) is 0 Å². The first-order valence-electron chi connectivity index (χ1n) is 9.12. The van der Waals surface area contributed by atoms with Crippen molar-refractivity contribution in [3.05, 3.63) is 12.2 Å². The van der Waals surface area contributed by atoms with Crippen LogP contribution in [0.25, 0.3) is 0 Å². The number of hydrogen-bond acceptors (Lipinski definition) is 3. The van der Waals surface area contributed by atoms with Crippen molar-refractivity contribution >= 4 is 17.8 Å². The van der Waals surface area contributed by atoms with Crippen LogP contribution in [0.3, 0.4) is 0 Å². The third kappa shape index (κ3) is 7.18. The van der Waals surface area contributed by atoms with Gasteiger partial charge >= 0.3 is 5.97 Å². The topological polar surface area (TPSA) is 95.5 Å². The standard InChI is InChI=1S/C20H36N2O4/c1-9-19(6,7)20(8,13-18(3,4)5)17(26)22-11-10-21-15(23)12-14(2)16(24)25/h2,9-13H2,1,3-8H3,(H,21,23)(H,22,26)(H,24,25). The van der Waals surface area contributed by atoms with Gasteiger partial charge in [0.05, 0.1) is 11.8 Å². The fourth-order valence-corrected chi connectivity index (χ4v) is 2.98. The van der Waals surface area contributed by atoms with E-state index in [1.54, 1.807) is 0 Å². The minimum Gasteiger partial charge on any atom is -0.478 e. The fraction of sp³-hybridized carbons (Fsp3) is 0.750. The molecule has 3 N–H and O–H groups in total. The Morgan fingerprint density at radius 1 is 0.962 bits per heavy atom. The summed E-state index contributed by atoms with van der Waals surface area (Å²) in [6, 6.07) is 0. The van der Waals surface area contributed by atoms with Gasteiger partial charge in [0.15, 0.2) is 0 Å². The number of amides is 2. The lowest BCUT2D eigenvalue weighted by Crippen LogP contribution is -2.51. The van der Waals surface area contributed by atoms with Crippen molar-refractivity contribution in [3.63, 3.8) is 0 Å². The van der Waals surface area contributed by atoms with E-state index in [-0.39, 0.29) is 35.3 Å². The average molecular weight is 369 g/mol. The molecule has 0 aromatic carbocycles. The summed E-state index contributed by atoms with van der Waals surface area (Å²) in [5.41, 5.74) is -0.868. The van der Waals surface area contributed by atoms with Crippen molar-refractivity contribution < 1.29 is 19.5 Å². The molecule has 0 aromatic heterocycles. The number of carboxylic acids is 1. The third-order valence-corrected chi connectivity index (χ3v) is 5.17. The van der Waals surface area contributed by atoms with Gasteiger partial charge in [0.25, 0.3) is 0 Å². The molecule has 0 radical (unpaired) electrons. The lowest BCUT2D eigenvalue weighted by atomic mass is 9.59. The van der Waals surface area contributed by atoms with E-state index in [4.69, 9.17) is 5.11 Å². The molecule has 0 saturated carbocycles. The Kier molecular flexibility index (Phi) is 8.54. The van der Waals surface area contributed by atoms with Crippen LogP contribution in [0, 0.1) is 16.2 Å². The smallest absolute Gasteiger partial charge is 0.331 e. The molecule has 0 aromatic rings. The first kappa shape index (κ1) is 24.1. The molecule has 6 nitrogen and oxygen atoms in total. The fourth-order valence-electron chi connectivity index (χ4n) is 2.98. The average Bonchev–Trinajstić information content (AvgIpc) is 2.49. The molecule has 26 heavy (non-hydrogen) atoms. The van der Waals surface area contributed by atoms with E-state index in [2.05, 4.69) is 58.8 Å². The van der Waals surface area contributed by atoms with E-state index >= 15 is 0 Å². The molecule has 2 amide bonds. The number of rotatable bonds is 10. The second-order valence-corrected chi connectivity index (χ2v) is 9.00. The molecule has 0 rings (SSSR count). The van der Waals surface area contributed by atoms with Crippen LogP contribution in [-0.2, 0) is 14.4 Å². The lowest BCUT2D eigenvalue weighted by Gasteiger charge is -2.46. The van der Waals surface area contributed by atoms with E-state index in [1.807, 2.05) is 6.92 Å². The highest BCUT2D eigenvalue weighted by Gasteiger charge is 2.47. The maximum Gasteiger partial charge on any atom is 0.331 e. The van der Waals surface area contributed by atoms with Crippen LogP contribution in [0.2, 0.25) is 0 Å². The summed E-state index contributed by atoms with van der Waals surface area (Å²) in [5, 5.41) is 14.2. The number of carboxylic acid groups (broad SMARTS) is 1. The Bertz CT molecular complexity index is 547. The van der Waals surface area contributed by atoms with Crippen LogP contribution < -0.4 is 10.6 Å². The lowest BCUT2D eigenvalue weighted by molar-refractivity contribution is -0.140. The van der Waals surface area contributed by atoms with E-state index in [0.29, 0.717) is 6.54 Å². The maximum absolute atomic E-state index is 12.9. The molecule has 0 heterocycles. The van der Waals surface area contributed by atoms with Crippen molar-refractivity contribution in [3.8, 4) is 0 Å². The molecule has 1 atom stereocenters. The highest BCUT2D eigenvalue weighted by atomic mass is 16.4. The molecular formula is C20H36N2O4. The summed E-state index contributed by atoms with van der Waals surface area (Å²) < 4.78 is 0. The number of hydrogen-bond donors (Lipinski definition) is 3. The predicted molar refractivity (Wildman–Crippen MR) is 104 cm³/mol. The zero-order valence-electron chi connectivity index (χ0n) is 17.4. The van der Waals surface area contributed by atoms with Crippen LogP contribution in [0.1, 0.15) is 67.7 Å². The molecule has 0 bridgehead atoms. The molecule has 0 aliphatic carbocycles. The van der Waals surface area contributed by atoms with Crippen molar-refractivity contribution in [1.29, 1.82) is 0 Å². The van der Waals surface area contributed by atoms with Gasteiger partial charge in [0, 0.05) is 18.7 Å². The third-order valence-electron chi connectivity index (χ3n) is 5.17. The molecule has 150 valence electrons. The van der Waals surface area contributed by atoms with Crippen LogP contribution >= 0.6 is 0 Å². The van der Waals surface area contributed by atoms with Crippen molar-refractivity contribution in [1.82, 2.24) is 10.6 Å². The maximum atomic E-state index is 12.9. The SMILES string of the molecule is C=C(CC(=O)NCCNC(=O)C(C)(CC(C)(C)C)C(C)(C)CC)C(=O)O. The zero-order chi connectivity index (χ0) is 20.8. The van der Waals surface area contributed by atoms with Gasteiger partial charge in [-0.25, -0.2) is 4.79 Å². The second-order valence-electron chi connectivity index (χ2n) is 9.00. The molecule has 0 spiro atoms. The van der Waals surface area contributed by atoms with Crippen molar-refractivity contribution in [2.24, 2.45) is 16.2 Å². The molecule has 6 heteroatoms. The van der Waals surface area contributed by atoms with E-state index in [9.17, 15) is 14.4 Å².